The number of ether oxygens (including phenoxy) is 2. The number of hydrogen-bond donors (Lipinski definition) is 2. The first-order chi connectivity index (χ1) is 19.1. The smallest absolute Gasteiger partial charge is 0.338 e. The highest BCUT2D eigenvalue weighted by Gasteiger charge is 2.14. The molecule has 0 fully saturated rings. The zero-order valence-electron chi connectivity index (χ0n) is 23.0. The van der Waals surface area contributed by atoms with Crippen molar-refractivity contribution in [2.75, 3.05) is 37.9 Å². The van der Waals surface area contributed by atoms with Crippen LogP contribution in [0.1, 0.15) is 49.0 Å². The fraction of sp³-hybridized carbons (Fsp3) is 0.333. The number of nitrogens with one attached hydrogen (secondary N) is 1. The molecule has 3 N–H and O–H groups in total. The van der Waals surface area contributed by atoms with Gasteiger partial charge in [-0.25, -0.2) is 4.79 Å². The molecular formula is C30H36BrCl2N3O4. The van der Waals surface area contributed by atoms with Crippen molar-refractivity contribution in [3.63, 3.8) is 0 Å². The van der Waals surface area contributed by atoms with E-state index >= 15 is 0 Å². The van der Waals surface area contributed by atoms with Gasteiger partial charge in [-0.1, -0.05) is 54.4 Å². The molecule has 40 heavy (non-hydrogen) atoms. The Morgan fingerprint density at radius 1 is 0.975 bits per heavy atom. The molecule has 0 radical (unpaired) electrons. The molecule has 10 heteroatoms. The van der Waals surface area contributed by atoms with Gasteiger partial charge in [0.05, 0.1) is 40.2 Å². The highest BCUT2D eigenvalue weighted by Crippen LogP contribution is 2.32. The summed E-state index contributed by atoms with van der Waals surface area (Å²) in [5.41, 5.74) is 9.82. The van der Waals surface area contributed by atoms with E-state index in [4.69, 9.17) is 38.4 Å². The number of nitrogens with zero attached hydrogens (tertiary/aromatic N) is 1. The van der Waals surface area contributed by atoms with Gasteiger partial charge in [0.2, 0.25) is 0 Å². The molecule has 3 aromatic rings. The maximum atomic E-state index is 12.2. The van der Waals surface area contributed by atoms with Crippen LogP contribution in [0.4, 0.5) is 17.1 Å². The number of rotatable bonds is 12. The Balaban J connectivity index is 0.000000315. The Bertz CT molecular complexity index is 1220. The Morgan fingerprint density at radius 2 is 1.60 bits per heavy atom. The van der Waals surface area contributed by atoms with E-state index in [9.17, 15) is 9.59 Å². The molecule has 0 saturated heterocycles. The number of para-hydroxylation sites is 2. The molecule has 3 aromatic carbocycles. The topological polar surface area (TPSA) is 93.9 Å². The molecule has 0 aliphatic carbocycles. The molecule has 0 bridgehead atoms. The van der Waals surface area contributed by atoms with Crippen LogP contribution in [0.3, 0.4) is 0 Å². The molecule has 0 aromatic heterocycles. The predicted molar refractivity (Wildman–Crippen MR) is 168 cm³/mol. The third kappa shape index (κ3) is 11.8. The van der Waals surface area contributed by atoms with Gasteiger partial charge in [-0.15, -0.1) is 0 Å². The number of esters is 2. The molecule has 0 spiro atoms. The molecule has 216 valence electrons. The van der Waals surface area contributed by atoms with Gasteiger partial charge >= 0.3 is 11.9 Å². The van der Waals surface area contributed by atoms with E-state index in [2.05, 4.69) is 33.1 Å². The van der Waals surface area contributed by atoms with Gasteiger partial charge in [0, 0.05) is 23.6 Å². The minimum atomic E-state index is -0.382. The molecule has 0 amide bonds. The summed E-state index contributed by atoms with van der Waals surface area (Å²) in [7, 11) is 2.02. The maximum absolute atomic E-state index is 12.2. The Hall–Kier alpha value is -2.78. The van der Waals surface area contributed by atoms with Gasteiger partial charge in [0.1, 0.15) is 0 Å². The number of halogens is 3. The number of nitrogens with two attached hydrogens (primary N) is 1. The monoisotopic (exact) mass is 651 g/mol. The van der Waals surface area contributed by atoms with Crippen LogP contribution in [0.5, 0.6) is 0 Å². The summed E-state index contributed by atoms with van der Waals surface area (Å²) in [6.07, 6.45) is 2.35. The maximum Gasteiger partial charge on any atom is 0.338 e. The Morgan fingerprint density at radius 3 is 2.20 bits per heavy atom. The molecule has 0 atom stereocenters. The second kappa shape index (κ2) is 17.8. The SMILES string of the molecule is CCCN(C)Cc1cc(C(=O)OCCCCOC(C)=O)cc(Br)c1N.Clc1cccc(Cl)c1Nc1ccccc1. The molecule has 0 unspecified atom stereocenters. The fourth-order valence-electron chi connectivity index (χ4n) is 3.63. The van der Waals surface area contributed by atoms with Crippen LogP contribution in [-0.2, 0) is 20.8 Å². The van der Waals surface area contributed by atoms with E-state index in [1.807, 2.05) is 43.4 Å². The summed E-state index contributed by atoms with van der Waals surface area (Å²) < 4.78 is 10.8. The third-order valence-electron chi connectivity index (χ3n) is 5.58. The second-order valence-corrected chi connectivity index (χ2v) is 10.7. The van der Waals surface area contributed by atoms with Gasteiger partial charge < -0.3 is 25.4 Å². The quantitative estimate of drug-likeness (QED) is 0.116. The van der Waals surface area contributed by atoms with Crippen molar-refractivity contribution >= 4 is 68.1 Å². The number of carbonyl (C=O) groups excluding carboxylic acids is 2. The number of benzene rings is 3. The minimum absolute atomic E-state index is 0.285. The van der Waals surface area contributed by atoms with Gasteiger partial charge in [-0.05, 0) is 90.7 Å². The summed E-state index contributed by atoms with van der Waals surface area (Å²) in [5, 5.41) is 4.41. The lowest BCUT2D eigenvalue weighted by Crippen LogP contribution is -2.20. The predicted octanol–water partition coefficient (Wildman–Crippen LogP) is 8.11. The first-order valence-electron chi connectivity index (χ1n) is 12.9. The molecule has 0 aliphatic rings. The molecule has 3 rings (SSSR count). The minimum Gasteiger partial charge on any atom is -0.466 e. The van der Waals surface area contributed by atoms with E-state index in [0.29, 0.717) is 51.8 Å². The van der Waals surface area contributed by atoms with Crippen molar-refractivity contribution in [1.29, 1.82) is 0 Å². The Labute approximate surface area is 255 Å². The largest absolute Gasteiger partial charge is 0.466 e. The van der Waals surface area contributed by atoms with Crippen LogP contribution < -0.4 is 11.1 Å². The van der Waals surface area contributed by atoms with Crippen molar-refractivity contribution in [2.24, 2.45) is 0 Å². The molecule has 0 saturated carbocycles. The first kappa shape index (κ1) is 33.4. The fourth-order valence-corrected chi connectivity index (χ4v) is 4.62. The second-order valence-electron chi connectivity index (χ2n) is 9.04. The zero-order valence-corrected chi connectivity index (χ0v) is 26.1. The summed E-state index contributed by atoms with van der Waals surface area (Å²) in [4.78, 5) is 25.0. The lowest BCUT2D eigenvalue weighted by atomic mass is 10.1. The van der Waals surface area contributed by atoms with Crippen LogP contribution in [0.2, 0.25) is 10.0 Å². The number of nitrogen functional groups attached to an aromatic ring is 1. The van der Waals surface area contributed by atoms with Crippen LogP contribution >= 0.6 is 39.1 Å². The van der Waals surface area contributed by atoms with E-state index < -0.39 is 0 Å². The standard InChI is InChI=1S/C18H27BrN2O4.C12H9Cl2N/c1-4-7-21(3)12-15-10-14(11-16(19)17(15)20)18(23)25-9-6-5-8-24-13(2)22;13-10-7-4-8-11(14)12(10)15-9-5-2-1-3-6-9/h10-11H,4-9,12,20H2,1-3H3;1-8,15H. The van der Waals surface area contributed by atoms with E-state index in [1.165, 1.54) is 6.92 Å². The van der Waals surface area contributed by atoms with Crippen molar-refractivity contribution in [2.45, 2.75) is 39.7 Å². The van der Waals surface area contributed by atoms with Crippen LogP contribution in [0.25, 0.3) is 0 Å². The van der Waals surface area contributed by atoms with E-state index in [1.54, 1.807) is 24.3 Å². The lowest BCUT2D eigenvalue weighted by Gasteiger charge is -2.18. The van der Waals surface area contributed by atoms with Crippen molar-refractivity contribution in [3.8, 4) is 0 Å². The van der Waals surface area contributed by atoms with Crippen LogP contribution in [0, 0.1) is 0 Å². The molecule has 0 heterocycles. The normalized spacial score (nSPS) is 10.5. The summed E-state index contributed by atoms with van der Waals surface area (Å²) >= 11 is 15.5. The van der Waals surface area contributed by atoms with Gasteiger partial charge in [-0.2, -0.15) is 0 Å². The number of hydrogen-bond acceptors (Lipinski definition) is 7. The summed E-state index contributed by atoms with van der Waals surface area (Å²) in [6.45, 7) is 5.73. The van der Waals surface area contributed by atoms with Crippen molar-refractivity contribution in [1.82, 2.24) is 4.90 Å². The average Bonchev–Trinajstić information content (AvgIpc) is 2.91. The number of carbonyl (C=O) groups is 2. The van der Waals surface area contributed by atoms with E-state index in [0.717, 1.165) is 29.9 Å². The molecule has 7 nitrogen and oxygen atoms in total. The molecular weight excluding hydrogens is 617 g/mol. The molecule has 0 aliphatic heterocycles. The third-order valence-corrected chi connectivity index (χ3v) is 6.87. The zero-order chi connectivity index (χ0) is 29.5. The van der Waals surface area contributed by atoms with Gasteiger partial charge in [0.15, 0.2) is 0 Å². The summed E-state index contributed by atoms with van der Waals surface area (Å²) in [5.74, 6) is -0.683. The van der Waals surface area contributed by atoms with Gasteiger partial charge in [-0.3, -0.25) is 4.79 Å². The highest BCUT2D eigenvalue weighted by atomic mass is 79.9. The van der Waals surface area contributed by atoms with Crippen molar-refractivity contribution < 1.29 is 19.1 Å². The Kier molecular flexibility index (Phi) is 14.9. The van der Waals surface area contributed by atoms with Gasteiger partial charge in [0.25, 0.3) is 0 Å². The van der Waals surface area contributed by atoms with Crippen LogP contribution in [0.15, 0.2) is 65.1 Å². The average molecular weight is 653 g/mol. The highest BCUT2D eigenvalue weighted by molar-refractivity contribution is 9.10. The lowest BCUT2D eigenvalue weighted by molar-refractivity contribution is -0.141. The first-order valence-corrected chi connectivity index (χ1v) is 14.5. The van der Waals surface area contributed by atoms with Crippen LogP contribution in [-0.4, -0.2) is 43.6 Å². The number of anilines is 3. The number of unbranched alkanes of at least 4 members (excludes halogenated alkanes) is 1. The summed E-state index contributed by atoms with van der Waals surface area (Å²) in [6, 6.07) is 18.7. The van der Waals surface area contributed by atoms with Crippen molar-refractivity contribution in [3.05, 3.63) is 86.3 Å². The van der Waals surface area contributed by atoms with E-state index in [-0.39, 0.29) is 18.5 Å².